The Hall–Kier alpha value is -0.123. The van der Waals surface area contributed by atoms with Gasteiger partial charge in [0.1, 0.15) is 0 Å². The fourth-order valence-corrected chi connectivity index (χ4v) is 1.96. The zero-order valence-corrected chi connectivity index (χ0v) is 11.8. The lowest BCUT2D eigenvalue weighted by atomic mass is 10.2. The van der Waals surface area contributed by atoms with Gasteiger partial charge in [-0.1, -0.05) is 26.8 Å². The summed E-state index contributed by atoms with van der Waals surface area (Å²) >= 11 is 0. The van der Waals surface area contributed by atoms with Crippen LogP contribution >= 0.6 is 0 Å². The van der Waals surface area contributed by atoms with Crippen molar-refractivity contribution in [3.8, 4) is 0 Å². The van der Waals surface area contributed by atoms with Gasteiger partial charge in [0.15, 0.2) is 8.32 Å². The summed E-state index contributed by atoms with van der Waals surface area (Å²) in [5.41, 5.74) is 0. The van der Waals surface area contributed by atoms with E-state index >= 15 is 0 Å². The van der Waals surface area contributed by atoms with E-state index in [9.17, 15) is 5.11 Å². The van der Waals surface area contributed by atoms with Gasteiger partial charge >= 0.3 is 0 Å². The molecule has 1 atom stereocenters. The molecule has 0 radical (unpaired) electrons. The van der Waals surface area contributed by atoms with Gasteiger partial charge in [-0.25, -0.2) is 0 Å². The van der Waals surface area contributed by atoms with Gasteiger partial charge in [-0.2, -0.15) is 0 Å². The van der Waals surface area contributed by atoms with E-state index in [1.807, 2.05) is 6.08 Å². The molecule has 0 spiro atoms. The highest BCUT2D eigenvalue weighted by atomic mass is 28.4. The van der Waals surface area contributed by atoms with Crippen LogP contribution in [-0.2, 0) is 4.43 Å². The Bertz CT molecular complexity index is 194. The Morgan fingerprint density at radius 1 is 1.40 bits per heavy atom. The highest BCUT2D eigenvalue weighted by Crippen LogP contribution is 2.36. The molecule has 0 rings (SSSR count). The summed E-state index contributed by atoms with van der Waals surface area (Å²) in [6, 6.07) is 0. The van der Waals surface area contributed by atoms with Gasteiger partial charge in [-0.3, -0.25) is 0 Å². The summed E-state index contributed by atoms with van der Waals surface area (Å²) in [5.74, 6) is 0. The van der Waals surface area contributed by atoms with Crippen molar-refractivity contribution in [1.29, 1.82) is 0 Å². The monoisotopic (exact) mass is 230 g/mol. The largest absolute Gasteiger partial charge is 0.414 e. The lowest BCUT2D eigenvalue weighted by molar-refractivity contribution is 0.0937. The predicted octanol–water partition coefficient (Wildman–Crippen LogP) is 3.34. The Morgan fingerprint density at radius 3 is 2.33 bits per heavy atom. The van der Waals surface area contributed by atoms with Crippen LogP contribution in [0.2, 0.25) is 18.1 Å². The van der Waals surface area contributed by atoms with E-state index in [1.54, 1.807) is 0 Å². The Kier molecular flexibility index (Phi) is 5.78. The third-order valence-corrected chi connectivity index (χ3v) is 7.65. The lowest BCUT2D eigenvalue weighted by Gasteiger charge is -2.36. The number of hydrogen-bond acceptors (Lipinski definition) is 2. The molecule has 0 unspecified atom stereocenters. The van der Waals surface area contributed by atoms with Gasteiger partial charge in [-0.15, -0.1) is 6.58 Å². The van der Waals surface area contributed by atoms with Crippen LogP contribution in [0.15, 0.2) is 12.7 Å². The number of hydrogen-bond donors (Lipinski definition) is 1. The molecule has 2 nitrogen and oxygen atoms in total. The van der Waals surface area contributed by atoms with E-state index in [4.69, 9.17) is 4.43 Å². The molecule has 0 heterocycles. The van der Waals surface area contributed by atoms with Crippen LogP contribution in [0.5, 0.6) is 0 Å². The topological polar surface area (TPSA) is 29.5 Å². The Balaban J connectivity index is 3.98. The third-order valence-electron chi connectivity index (χ3n) is 3.15. The molecular formula is C12H26O2Si. The van der Waals surface area contributed by atoms with Crippen molar-refractivity contribution in [3.63, 3.8) is 0 Å². The fraction of sp³-hybridized carbons (Fsp3) is 0.833. The predicted molar refractivity (Wildman–Crippen MR) is 68.6 cm³/mol. The molecule has 90 valence electrons. The molecule has 0 aliphatic heterocycles. The minimum Gasteiger partial charge on any atom is -0.414 e. The van der Waals surface area contributed by atoms with Crippen molar-refractivity contribution in [3.05, 3.63) is 12.7 Å². The van der Waals surface area contributed by atoms with Crippen molar-refractivity contribution in [1.82, 2.24) is 0 Å². The van der Waals surface area contributed by atoms with Crippen LogP contribution in [0.1, 0.15) is 33.6 Å². The first-order chi connectivity index (χ1) is 6.70. The van der Waals surface area contributed by atoms with Crippen LogP contribution in [0.4, 0.5) is 0 Å². The number of aliphatic hydroxyl groups is 1. The molecule has 0 aromatic carbocycles. The van der Waals surface area contributed by atoms with E-state index < -0.39 is 8.32 Å². The van der Waals surface area contributed by atoms with Crippen LogP contribution < -0.4 is 0 Å². The maximum Gasteiger partial charge on any atom is 0.192 e. The first-order valence-corrected chi connectivity index (χ1v) is 8.54. The molecule has 1 N–H and O–H groups in total. The molecule has 0 bridgehead atoms. The maximum absolute atomic E-state index is 9.66. The van der Waals surface area contributed by atoms with Gasteiger partial charge in [0.25, 0.3) is 0 Å². The molecule has 0 aromatic rings. The molecule has 0 aliphatic rings. The van der Waals surface area contributed by atoms with Gasteiger partial charge in [0.05, 0.1) is 12.7 Å². The van der Waals surface area contributed by atoms with E-state index in [0.29, 0.717) is 6.61 Å². The van der Waals surface area contributed by atoms with Crippen molar-refractivity contribution >= 4 is 8.32 Å². The zero-order valence-electron chi connectivity index (χ0n) is 10.8. The zero-order chi connectivity index (χ0) is 12.1. The SMILES string of the molecule is C=CCC[C@H](O)CO[Si](C)(C)C(C)(C)C. The minimum absolute atomic E-state index is 0.213. The van der Waals surface area contributed by atoms with Crippen molar-refractivity contribution in [2.24, 2.45) is 0 Å². The summed E-state index contributed by atoms with van der Waals surface area (Å²) in [4.78, 5) is 0. The van der Waals surface area contributed by atoms with Crippen LogP contribution in [0.25, 0.3) is 0 Å². The van der Waals surface area contributed by atoms with E-state index in [2.05, 4.69) is 40.4 Å². The molecular weight excluding hydrogens is 204 g/mol. The number of allylic oxidation sites excluding steroid dienone is 1. The van der Waals surface area contributed by atoms with E-state index in [1.165, 1.54) is 0 Å². The molecule has 0 amide bonds. The quantitative estimate of drug-likeness (QED) is 0.560. The van der Waals surface area contributed by atoms with Gasteiger partial charge < -0.3 is 9.53 Å². The molecule has 0 aromatic heterocycles. The summed E-state index contributed by atoms with van der Waals surface area (Å²) in [7, 11) is -1.69. The number of aliphatic hydroxyl groups excluding tert-OH is 1. The van der Waals surface area contributed by atoms with E-state index in [-0.39, 0.29) is 11.1 Å². The Morgan fingerprint density at radius 2 is 1.93 bits per heavy atom. The second-order valence-corrected chi connectivity index (χ2v) is 10.4. The Labute approximate surface area is 95.5 Å². The van der Waals surface area contributed by atoms with Gasteiger partial charge in [-0.05, 0) is 31.0 Å². The molecule has 3 heteroatoms. The summed E-state index contributed by atoms with van der Waals surface area (Å²) in [6.07, 6.45) is 3.08. The number of rotatable bonds is 6. The molecule has 15 heavy (non-hydrogen) atoms. The van der Waals surface area contributed by atoms with Crippen molar-refractivity contribution in [2.75, 3.05) is 6.61 Å². The minimum atomic E-state index is -1.69. The first kappa shape index (κ1) is 14.9. The lowest BCUT2D eigenvalue weighted by Crippen LogP contribution is -2.42. The molecule has 0 saturated carbocycles. The maximum atomic E-state index is 9.66. The highest BCUT2D eigenvalue weighted by molar-refractivity contribution is 6.74. The van der Waals surface area contributed by atoms with Gasteiger partial charge in [0, 0.05) is 0 Å². The third kappa shape index (κ3) is 5.49. The average Bonchev–Trinajstić information content (AvgIpc) is 2.09. The summed E-state index contributed by atoms with van der Waals surface area (Å²) in [5, 5.41) is 9.87. The summed E-state index contributed by atoms with van der Waals surface area (Å²) < 4.78 is 5.91. The van der Waals surface area contributed by atoms with E-state index in [0.717, 1.165) is 12.8 Å². The van der Waals surface area contributed by atoms with Crippen molar-refractivity contribution in [2.45, 2.75) is 57.8 Å². The average molecular weight is 230 g/mol. The second kappa shape index (κ2) is 5.82. The van der Waals surface area contributed by atoms with Crippen LogP contribution in [-0.4, -0.2) is 26.1 Å². The molecule has 0 fully saturated rings. The molecule has 0 aliphatic carbocycles. The summed E-state index contributed by atoms with van der Waals surface area (Å²) in [6.45, 7) is 15.1. The van der Waals surface area contributed by atoms with Gasteiger partial charge in [0.2, 0.25) is 0 Å². The normalized spacial score (nSPS) is 15.1. The molecule has 0 saturated heterocycles. The second-order valence-electron chi connectivity index (χ2n) is 5.59. The van der Waals surface area contributed by atoms with Crippen molar-refractivity contribution < 1.29 is 9.53 Å². The highest BCUT2D eigenvalue weighted by Gasteiger charge is 2.37. The van der Waals surface area contributed by atoms with Crippen LogP contribution in [0, 0.1) is 0 Å². The fourth-order valence-electron chi connectivity index (χ4n) is 0.915. The smallest absolute Gasteiger partial charge is 0.192 e. The van der Waals surface area contributed by atoms with Crippen LogP contribution in [0.3, 0.4) is 0 Å². The first-order valence-electron chi connectivity index (χ1n) is 5.63. The standard InChI is InChI=1S/C12H26O2Si/c1-7-8-9-11(13)10-14-15(5,6)12(2,3)4/h7,11,13H,1,8-10H2,2-6H3/t11-/m0/s1.